The minimum atomic E-state index is -0.559. The molecule has 1 aliphatic rings. The van der Waals surface area contributed by atoms with Crippen LogP contribution >= 0.6 is 0 Å². The van der Waals surface area contributed by atoms with Crippen LogP contribution in [0, 0.1) is 0 Å². The van der Waals surface area contributed by atoms with Crippen molar-refractivity contribution in [3.63, 3.8) is 0 Å². The van der Waals surface area contributed by atoms with E-state index in [0.717, 1.165) is 40.8 Å². The summed E-state index contributed by atoms with van der Waals surface area (Å²) in [5, 5.41) is 3.17. The standard InChI is InChI=1S/C32H34N4O2/c1-4-21-32(2)22-12-23-36(32,30(37)20-19-29-33-27-17-10-11-18-28(27)35(29)3)31(38)34-26-16-9-8-15-25(26)24-13-6-5-7-14-24/h4-11,13-18H,1,12,19-23H2,2-3H3/p+1/t32-,36?/m0/s1. The molecule has 6 heteroatoms. The van der Waals surface area contributed by atoms with Crippen LogP contribution in [0.15, 0.2) is 91.5 Å². The lowest BCUT2D eigenvalue weighted by atomic mass is 9.91. The van der Waals surface area contributed by atoms with Crippen molar-refractivity contribution in [1.82, 2.24) is 9.55 Å². The predicted molar refractivity (Wildman–Crippen MR) is 153 cm³/mol. The topological polar surface area (TPSA) is 64.0 Å². The molecule has 5 rings (SSSR count). The van der Waals surface area contributed by atoms with Gasteiger partial charge in [-0.15, -0.1) is 6.58 Å². The Labute approximate surface area is 224 Å². The average Bonchev–Trinajstić information content (AvgIpc) is 3.45. The molecule has 0 bridgehead atoms. The highest BCUT2D eigenvalue weighted by atomic mass is 16.2. The van der Waals surface area contributed by atoms with E-state index in [1.54, 1.807) is 0 Å². The fourth-order valence-electron chi connectivity index (χ4n) is 6.11. The number of fused-ring (bicyclic) bond motifs is 1. The molecule has 38 heavy (non-hydrogen) atoms. The van der Waals surface area contributed by atoms with Crippen molar-refractivity contribution in [3.05, 3.63) is 97.3 Å². The zero-order valence-corrected chi connectivity index (χ0v) is 22.2. The summed E-state index contributed by atoms with van der Waals surface area (Å²) < 4.78 is 1.81. The summed E-state index contributed by atoms with van der Waals surface area (Å²) in [6.45, 7) is 6.48. The molecule has 1 aliphatic heterocycles. The first-order valence-electron chi connectivity index (χ1n) is 13.3. The Morgan fingerprint density at radius 1 is 1.05 bits per heavy atom. The average molecular weight is 508 g/mol. The fraction of sp³-hybridized carbons (Fsp3) is 0.281. The number of para-hydroxylation sites is 3. The molecule has 1 aromatic heterocycles. The predicted octanol–water partition coefficient (Wildman–Crippen LogP) is 6.88. The Morgan fingerprint density at radius 2 is 1.76 bits per heavy atom. The molecular formula is C32H35N4O2+. The third-order valence-corrected chi connectivity index (χ3v) is 8.18. The van der Waals surface area contributed by atoms with Gasteiger partial charge in [0.15, 0.2) is 0 Å². The number of anilines is 1. The first-order valence-corrected chi connectivity index (χ1v) is 13.3. The zero-order chi connectivity index (χ0) is 26.8. The number of nitrogens with one attached hydrogen (secondary N) is 1. The van der Waals surface area contributed by atoms with Crippen molar-refractivity contribution in [2.45, 2.75) is 44.6 Å². The van der Waals surface area contributed by atoms with Gasteiger partial charge in [0.05, 0.1) is 29.7 Å². The molecule has 0 spiro atoms. The van der Waals surface area contributed by atoms with E-state index in [1.165, 1.54) is 0 Å². The van der Waals surface area contributed by atoms with Gasteiger partial charge in [-0.25, -0.2) is 14.6 Å². The number of aryl methyl sites for hydroxylation is 2. The highest BCUT2D eigenvalue weighted by Gasteiger charge is 2.60. The summed E-state index contributed by atoms with van der Waals surface area (Å²) in [6.07, 6.45) is 4.71. The van der Waals surface area contributed by atoms with Gasteiger partial charge in [0.1, 0.15) is 11.4 Å². The molecule has 3 aromatic carbocycles. The maximum atomic E-state index is 14.3. The van der Waals surface area contributed by atoms with Crippen molar-refractivity contribution in [3.8, 4) is 11.1 Å². The number of imide groups is 1. The van der Waals surface area contributed by atoms with Crippen LogP contribution in [0.4, 0.5) is 10.5 Å². The first kappa shape index (κ1) is 25.6. The van der Waals surface area contributed by atoms with E-state index in [1.807, 2.05) is 96.6 Å². The molecule has 0 aliphatic carbocycles. The normalized spacial score (nSPS) is 20.9. The van der Waals surface area contributed by atoms with E-state index in [2.05, 4.69) is 18.8 Å². The van der Waals surface area contributed by atoms with Crippen LogP contribution in [0.2, 0.25) is 0 Å². The van der Waals surface area contributed by atoms with Gasteiger partial charge in [-0.1, -0.05) is 66.7 Å². The van der Waals surface area contributed by atoms with Crippen LogP contribution in [0.25, 0.3) is 22.2 Å². The number of urea groups is 1. The van der Waals surface area contributed by atoms with E-state index in [9.17, 15) is 9.59 Å². The maximum Gasteiger partial charge on any atom is 0.428 e. The molecule has 0 radical (unpaired) electrons. The number of amides is 3. The second-order valence-corrected chi connectivity index (χ2v) is 10.4. The van der Waals surface area contributed by atoms with Gasteiger partial charge in [-0.05, 0) is 30.7 Å². The number of rotatable bonds is 7. The van der Waals surface area contributed by atoms with Crippen LogP contribution in [0.1, 0.15) is 38.4 Å². The molecular weight excluding hydrogens is 472 g/mol. The van der Waals surface area contributed by atoms with Crippen molar-refractivity contribution < 1.29 is 14.1 Å². The Hall–Kier alpha value is -4.03. The summed E-state index contributed by atoms with van der Waals surface area (Å²) in [4.78, 5) is 33.2. The number of quaternary nitrogens is 1. The lowest BCUT2D eigenvalue weighted by Gasteiger charge is -2.42. The van der Waals surface area contributed by atoms with Gasteiger partial charge in [-0.2, -0.15) is 4.48 Å². The number of carbonyl (C=O) groups excluding carboxylic acids is 2. The number of aromatic nitrogens is 2. The summed E-state index contributed by atoms with van der Waals surface area (Å²) in [7, 11) is 1.98. The molecule has 1 N–H and O–H groups in total. The highest BCUT2D eigenvalue weighted by Crippen LogP contribution is 2.42. The second kappa shape index (κ2) is 10.4. The first-order chi connectivity index (χ1) is 18.4. The maximum absolute atomic E-state index is 14.3. The van der Waals surface area contributed by atoms with E-state index in [-0.39, 0.29) is 22.8 Å². The Morgan fingerprint density at radius 3 is 2.53 bits per heavy atom. The number of benzene rings is 3. The van der Waals surface area contributed by atoms with E-state index >= 15 is 0 Å². The largest absolute Gasteiger partial charge is 0.428 e. The number of likely N-dealkylation sites (tertiary alicyclic amines) is 1. The van der Waals surface area contributed by atoms with Gasteiger partial charge in [0, 0.05) is 38.3 Å². The van der Waals surface area contributed by atoms with Crippen LogP contribution in [0.3, 0.4) is 0 Å². The minimum absolute atomic E-state index is 0.0754. The lowest BCUT2D eigenvalue weighted by molar-refractivity contribution is -0.812. The summed E-state index contributed by atoms with van der Waals surface area (Å²) >= 11 is 0. The van der Waals surface area contributed by atoms with Gasteiger partial charge in [0.2, 0.25) is 0 Å². The Bertz CT molecular complexity index is 1490. The summed E-state index contributed by atoms with van der Waals surface area (Å²) in [5.41, 5.74) is 4.03. The molecule has 2 heterocycles. The van der Waals surface area contributed by atoms with Crippen LogP contribution in [-0.4, -0.2) is 38.1 Å². The van der Waals surface area contributed by atoms with Crippen LogP contribution in [0.5, 0.6) is 0 Å². The number of nitrogens with zero attached hydrogens (tertiary/aromatic N) is 3. The summed E-state index contributed by atoms with van der Waals surface area (Å²) in [6, 6.07) is 25.4. The summed E-state index contributed by atoms with van der Waals surface area (Å²) in [5.74, 6) is 0.769. The molecule has 0 saturated carbocycles. The molecule has 1 saturated heterocycles. The van der Waals surface area contributed by atoms with Crippen molar-refractivity contribution >= 4 is 28.7 Å². The molecule has 1 unspecified atom stereocenters. The number of hydrogen-bond acceptors (Lipinski definition) is 3. The SMILES string of the molecule is C=CC[C@@]1(C)CCC[N+]1(C(=O)CCc1nc2ccccc2n1C)C(=O)Nc1ccccc1-c1ccccc1. The van der Waals surface area contributed by atoms with Gasteiger partial charge < -0.3 is 4.57 Å². The number of imidazole rings is 1. The molecule has 6 nitrogen and oxygen atoms in total. The van der Waals surface area contributed by atoms with Gasteiger partial charge in [0.25, 0.3) is 0 Å². The Balaban J connectivity index is 1.47. The molecule has 2 atom stereocenters. The number of carbonyl (C=O) groups is 2. The highest BCUT2D eigenvalue weighted by molar-refractivity contribution is 5.96. The van der Waals surface area contributed by atoms with Crippen molar-refractivity contribution in [2.75, 3.05) is 11.9 Å². The number of hydrogen-bond donors (Lipinski definition) is 1. The van der Waals surface area contributed by atoms with Gasteiger partial charge in [-0.3, -0.25) is 5.32 Å². The fourth-order valence-corrected chi connectivity index (χ4v) is 6.11. The van der Waals surface area contributed by atoms with E-state index in [4.69, 9.17) is 4.98 Å². The zero-order valence-electron chi connectivity index (χ0n) is 22.2. The third kappa shape index (κ3) is 4.35. The van der Waals surface area contributed by atoms with E-state index < -0.39 is 5.54 Å². The van der Waals surface area contributed by atoms with E-state index in [0.29, 0.717) is 25.1 Å². The van der Waals surface area contributed by atoms with Crippen molar-refractivity contribution in [2.24, 2.45) is 7.05 Å². The Kier molecular flexibility index (Phi) is 7.00. The quantitative estimate of drug-likeness (QED) is 0.219. The van der Waals surface area contributed by atoms with Crippen molar-refractivity contribution in [1.29, 1.82) is 0 Å². The molecule has 1 fully saturated rings. The molecule has 3 amide bonds. The minimum Gasteiger partial charge on any atom is -0.331 e. The molecule has 194 valence electrons. The molecule has 4 aromatic rings. The van der Waals surface area contributed by atoms with Crippen LogP contribution < -0.4 is 5.32 Å². The second-order valence-electron chi connectivity index (χ2n) is 10.4. The van der Waals surface area contributed by atoms with Crippen LogP contribution in [-0.2, 0) is 18.3 Å². The lowest BCUT2D eigenvalue weighted by Crippen LogP contribution is -2.67. The van der Waals surface area contributed by atoms with Gasteiger partial charge >= 0.3 is 11.9 Å². The third-order valence-electron chi connectivity index (χ3n) is 8.18. The smallest absolute Gasteiger partial charge is 0.331 e. The monoisotopic (exact) mass is 507 g/mol.